The summed E-state index contributed by atoms with van der Waals surface area (Å²) in [5.41, 5.74) is 7.00. The second-order valence-corrected chi connectivity index (χ2v) is 17.9. The normalized spacial score (nSPS) is 18.4. The highest BCUT2D eigenvalue weighted by Gasteiger charge is 2.40. The number of hydrogen-bond donors (Lipinski definition) is 5. The van der Waals surface area contributed by atoms with Crippen LogP contribution in [0.2, 0.25) is 0 Å². The molecule has 1 aliphatic carbocycles. The van der Waals surface area contributed by atoms with Crippen LogP contribution in [-0.4, -0.2) is 68.0 Å². The van der Waals surface area contributed by atoms with Crippen LogP contribution in [0.5, 0.6) is 0 Å². The molecule has 362 valence electrons. The SMILES string of the molecule is C=C/C(=C\C=C(\C=O)CC)C(CCC(C)(C)C)N(C(=O)C(=NC)C(C)/C(Cl)=C\C(Cl)=C(/C)OCCCCCC(C)C)C1CC(C)CC(CC)C1.CC.CC.CNCC(=N)N.NN. The number of carbonyl (C=O) groups is 2. The van der Waals surface area contributed by atoms with Crippen LogP contribution in [0.1, 0.15) is 168 Å². The lowest BCUT2D eigenvalue weighted by atomic mass is 9.76. The third-order valence-corrected chi connectivity index (χ3v) is 11.2. The van der Waals surface area contributed by atoms with Gasteiger partial charge in [0.05, 0.1) is 24.2 Å². The number of carbonyl (C=O) groups excluding carboxylic acids is 2. The summed E-state index contributed by atoms with van der Waals surface area (Å²) in [5, 5.41) is 10.2. The van der Waals surface area contributed by atoms with Crippen molar-refractivity contribution < 1.29 is 14.3 Å². The quantitative estimate of drug-likeness (QED) is 0.00781. The molecule has 1 rings (SSSR count). The second kappa shape index (κ2) is 39.8. The minimum Gasteiger partial charge on any atom is -0.497 e. The summed E-state index contributed by atoms with van der Waals surface area (Å²) in [4.78, 5) is 33.5. The average Bonchev–Trinajstić information content (AvgIpc) is 3.24. The molecule has 5 unspecified atom stereocenters. The van der Waals surface area contributed by atoms with Gasteiger partial charge in [-0.25, -0.2) is 0 Å². The van der Waals surface area contributed by atoms with Gasteiger partial charge < -0.3 is 20.7 Å². The number of likely N-dealkylation sites (N-methyl/N-ethyl adjacent to an activating group) is 1. The first-order valence-electron chi connectivity index (χ1n) is 23.2. The van der Waals surface area contributed by atoms with E-state index in [2.05, 4.69) is 81.9 Å². The number of nitrogens with zero attached hydrogens (tertiary/aromatic N) is 2. The van der Waals surface area contributed by atoms with E-state index in [-0.39, 0.29) is 29.2 Å². The van der Waals surface area contributed by atoms with Crippen LogP contribution in [-0.2, 0) is 14.3 Å². The van der Waals surface area contributed by atoms with Gasteiger partial charge in [-0.2, -0.15) is 0 Å². The molecule has 8 N–H and O–H groups in total. The maximum absolute atomic E-state index is 15.1. The van der Waals surface area contributed by atoms with Gasteiger partial charge >= 0.3 is 0 Å². The first-order chi connectivity index (χ1) is 29.3. The van der Waals surface area contributed by atoms with Gasteiger partial charge in [-0.05, 0) is 99.3 Å². The van der Waals surface area contributed by atoms with Crippen LogP contribution < -0.4 is 22.7 Å². The number of allylic oxidation sites excluding steroid dienone is 7. The van der Waals surface area contributed by atoms with Crippen molar-refractivity contribution in [3.63, 3.8) is 0 Å². The fraction of sp³-hybridized carbons (Fsp3) is 0.720. The number of nitrogens with one attached hydrogen (secondary N) is 2. The minimum atomic E-state index is -0.488. The van der Waals surface area contributed by atoms with Gasteiger partial charge in [-0.3, -0.25) is 31.7 Å². The molecule has 0 aromatic heterocycles. The molecule has 0 aromatic rings. The zero-order chi connectivity index (χ0) is 49.0. The summed E-state index contributed by atoms with van der Waals surface area (Å²) in [6.07, 6.45) is 19.2. The molecule has 0 heterocycles. The van der Waals surface area contributed by atoms with E-state index in [0.717, 1.165) is 63.2 Å². The smallest absolute Gasteiger partial charge is 0.269 e. The third kappa shape index (κ3) is 29.6. The molecule has 1 saturated carbocycles. The highest BCUT2D eigenvalue weighted by Crippen LogP contribution is 2.38. The Bertz CT molecular complexity index is 1380. The number of hydrogen-bond acceptors (Lipinski definition) is 8. The van der Waals surface area contributed by atoms with Crippen molar-refractivity contribution in [3.8, 4) is 0 Å². The first kappa shape index (κ1) is 65.8. The lowest BCUT2D eigenvalue weighted by molar-refractivity contribution is -0.130. The summed E-state index contributed by atoms with van der Waals surface area (Å²) in [6, 6.07) is -0.226. The van der Waals surface area contributed by atoms with Gasteiger partial charge in [0.1, 0.15) is 23.6 Å². The van der Waals surface area contributed by atoms with E-state index < -0.39 is 5.92 Å². The number of halogens is 2. The van der Waals surface area contributed by atoms with Gasteiger partial charge in [0.2, 0.25) is 0 Å². The third-order valence-electron chi connectivity index (χ3n) is 10.4. The Hall–Kier alpha value is -2.76. The lowest BCUT2D eigenvalue weighted by Crippen LogP contribution is -2.54. The molecule has 0 radical (unpaired) electrons. The summed E-state index contributed by atoms with van der Waals surface area (Å²) in [5.74, 6) is 9.92. The van der Waals surface area contributed by atoms with Crippen molar-refractivity contribution in [1.82, 2.24) is 10.2 Å². The topological polar surface area (TPSA) is 173 Å². The molecule has 0 saturated heterocycles. The van der Waals surface area contributed by atoms with Crippen molar-refractivity contribution in [1.29, 1.82) is 5.41 Å². The van der Waals surface area contributed by atoms with Crippen LogP contribution >= 0.6 is 23.2 Å². The molecule has 12 heteroatoms. The van der Waals surface area contributed by atoms with E-state index in [9.17, 15) is 4.79 Å². The monoisotopic (exact) mass is 912 g/mol. The molecule has 1 aliphatic rings. The number of aliphatic imine (C=N–C) groups is 1. The molecule has 10 nitrogen and oxygen atoms in total. The number of hydrazine groups is 1. The first-order valence-corrected chi connectivity index (χ1v) is 24.0. The Morgan fingerprint density at radius 2 is 1.61 bits per heavy atom. The Balaban J connectivity index is -0.00000125. The van der Waals surface area contributed by atoms with Crippen molar-refractivity contribution in [2.75, 3.05) is 27.2 Å². The van der Waals surface area contributed by atoms with E-state index in [0.29, 0.717) is 64.4 Å². The van der Waals surface area contributed by atoms with Crippen LogP contribution in [0.25, 0.3) is 0 Å². The van der Waals surface area contributed by atoms with E-state index in [1.54, 1.807) is 20.2 Å². The highest BCUT2D eigenvalue weighted by atomic mass is 35.5. The van der Waals surface area contributed by atoms with Crippen molar-refractivity contribution >= 4 is 46.9 Å². The fourth-order valence-corrected chi connectivity index (χ4v) is 7.47. The van der Waals surface area contributed by atoms with Crippen molar-refractivity contribution in [2.45, 2.75) is 180 Å². The minimum absolute atomic E-state index is 0.0246. The Morgan fingerprint density at radius 1 is 1.02 bits per heavy atom. The number of unbranched alkanes of at least 4 members (excludes halogenated alkanes) is 2. The predicted molar refractivity (Wildman–Crippen MR) is 274 cm³/mol. The number of amidine groups is 1. The number of aldehydes is 1. The van der Waals surface area contributed by atoms with E-state index in [1.165, 1.54) is 12.8 Å². The molecular weight excluding hydrogens is 818 g/mol. The van der Waals surface area contributed by atoms with Crippen LogP contribution in [0.3, 0.4) is 0 Å². The maximum atomic E-state index is 15.1. The molecule has 62 heavy (non-hydrogen) atoms. The number of ether oxygens (including phenoxy) is 1. The average molecular weight is 913 g/mol. The zero-order valence-electron chi connectivity index (χ0n) is 42.4. The van der Waals surface area contributed by atoms with Gasteiger partial charge in [0, 0.05) is 24.0 Å². The summed E-state index contributed by atoms with van der Waals surface area (Å²) < 4.78 is 5.95. The highest BCUT2D eigenvalue weighted by molar-refractivity contribution is 6.44. The second-order valence-electron chi connectivity index (χ2n) is 17.1. The van der Waals surface area contributed by atoms with E-state index >= 15 is 4.79 Å². The molecule has 5 atom stereocenters. The van der Waals surface area contributed by atoms with Gasteiger partial charge in [-0.1, -0.05) is 164 Å². The molecule has 0 aliphatic heterocycles. The van der Waals surface area contributed by atoms with E-state index in [4.69, 9.17) is 39.1 Å². The largest absolute Gasteiger partial charge is 0.497 e. The van der Waals surface area contributed by atoms with Crippen LogP contribution in [0.4, 0.5) is 0 Å². The zero-order valence-corrected chi connectivity index (χ0v) is 43.9. The van der Waals surface area contributed by atoms with Crippen LogP contribution in [0, 0.1) is 34.5 Å². The molecule has 1 fully saturated rings. The fourth-order valence-electron chi connectivity index (χ4n) is 7.03. The maximum Gasteiger partial charge on any atom is 0.269 e. The van der Waals surface area contributed by atoms with Gasteiger partial charge in [0.15, 0.2) is 0 Å². The van der Waals surface area contributed by atoms with E-state index in [1.807, 2.05) is 66.7 Å². The molecule has 0 spiro atoms. The van der Waals surface area contributed by atoms with Crippen molar-refractivity contribution in [3.05, 3.63) is 57.9 Å². The van der Waals surface area contributed by atoms with Crippen molar-refractivity contribution in [2.24, 2.45) is 51.5 Å². The van der Waals surface area contributed by atoms with Gasteiger partial charge in [-0.15, -0.1) is 0 Å². The lowest BCUT2D eigenvalue weighted by Gasteiger charge is -2.45. The molecule has 0 aromatic carbocycles. The van der Waals surface area contributed by atoms with Gasteiger partial charge in [0.25, 0.3) is 5.91 Å². The molecular formula is C50H95Cl2N7O3. The molecule has 0 bridgehead atoms. The molecule has 1 amide bonds. The number of nitrogens with two attached hydrogens (primary N) is 3. The summed E-state index contributed by atoms with van der Waals surface area (Å²) in [7, 11) is 3.42. The Morgan fingerprint density at radius 3 is 2.05 bits per heavy atom. The predicted octanol–water partition coefficient (Wildman–Crippen LogP) is 12.4. The standard InChI is InChI=1S/C43H70Cl2N2O3.C3H9N3.2C2H6.H4N2/c1-13-34(29-48)20-21-36(15-3)40(22-23-43(9,10)11)47(37-26-31(6)25-35(14-2)27-37)42(49)41(46-12)32(7)38(44)28-39(45)33(8)50-24-18-16-17-19-30(4)5;1-6-2-3(4)5;3*1-2/h15,20-21,28-32,35,37,40H,3,13-14,16-19,22-27H2,1-2,4-12H3;6H,2H2,1H3,(H3,4,5);2*1-2H3;1-2H2/b34-20+,36-21+,38-28+,39-33-,46-41?;;;;. The van der Waals surface area contributed by atoms with Crippen LogP contribution in [0.15, 0.2) is 62.8 Å². The number of amides is 1. The number of rotatable bonds is 23. The summed E-state index contributed by atoms with van der Waals surface area (Å²) >= 11 is 13.7. The Labute approximate surface area is 391 Å². The Kier molecular flexibility index (Phi) is 42.3. The summed E-state index contributed by atoms with van der Waals surface area (Å²) in [6.45, 7) is 34.7.